The Morgan fingerprint density at radius 1 is 0.903 bits per heavy atom. The van der Waals surface area contributed by atoms with Crippen LogP contribution in [0.5, 0.6) is 23.0 Å². The van der Waals surface area contributed by atoms with Gasteiger partial charge in [0, 0.05) is 6.08 Å². The van der Waals surface area contributed by atoms with Gasteiger partial charge in [-0.3, -0.25) is 0 Å². The van der Waals surface area contributed by atoms with Crippen molar-refractivity contribution in [1.29, 1.82) is 0 Å². The van der Waals surface area contributed by atoms with E-state index in [1.54, 1.807) is 38.5 Å². The molecule has 2 rings (SSSR count). The highest BCUT2D eigenvalue weighted by Crippen LogP contribution is 2.30. The van der Waals surface area contributed by atoms with Gasteiger partial charge in [0.25, 0.3) is 0 Å². The summed E-state index contributed by atoms with van der Waals surface area (Å²) in [7, 11) is 3.15. The van der Waals surface area contributed by atoms with Gasteiger partial charge in [-0.15, -0.1) is 5.73 Å². The maximum Gasteiger partial charge on any atom is 0.330 e. The zero-order valence-electron chi connectivity index (χ0n) is 18.2. The second-order valence-corrected chi connectivity index (χ2v) is 6.37. The molecular formula is C25H28O6. The standard InChI is InChI=1S/C25H28O6/c1-5-7-19-8-11-21(23(17-19)27-3)29-15-16-30-22-12-9-20(18-24(22)28-4)10-13-25(26)31-14-6-2/h7-13,17-18H,1,6,14-16H2,2-4H3/b13-10+. The van der Waals surface area contributed by atoms with Crippen molar-refractivity contribution in [2.45, 2.75) is 13.3 Å². The number of hydrogen-bond acceptors (Lipinski definition) is 6. The summed E-state index contributed by atoms with van der Waals surface area (Å²) in [6.07, 6.45) is 5.61. The fourth-order valence-electron chi connectivity index (χ4n) is 2.64. The Hall–Kier alpha value is -3.63. The van der Waals surface area contributed by atoms with Crippen LogP contribution in [0, 0.1) is 0 Å². The Balaban J connectivity index is 1.93. The predicted molar refractivity (Wildman–Crippen MR) is 121 cm³/mol. The van der Waals surface area contributed by atoms with Gasteiger partial charge in [-0.1, -0.05) is 25.6 Å². The quantitative estimate of drug-likeness (QED) is 0.208. The molecule has 0 spiro atoms. The first kappa shape index (κ1) is 23.6. The number of hydrogen-bond donors (Lipinski definition) is 0. The second kappa shape index (κ2) is 12.8. The minimum atomic E-state index is -0.373. The van der Waals surface area contributed by atoms with Crippen molar-refractivity contribution >= 4 is 18.1 Å². The van der Waals surface area contributed by atoms with Crippen LogP contribution in [0.15, 0.2) is 54.8 Å². The largest absolute Gasteiger partial charge is 0.493 e. The van der Waals surface area contributed by atoms with Crippen LogP contribution in [0.3, 0.4) is 0 Å². The van der Waals surface area contributed by atoms with Crippen LogP contribution < -0.4 is 18.9 Å². The highest BCUT2D eigenvalue weighted by molar-refractivity contribution is 5.87. The zero-order valence-corrected chi connectivity index (χ0v) is 18.2. The molecule has 0 aromatic heterocycles. The Morgan fingerprint density at radius 2 is 1.48 bits per heavy atom. The lowest BCUT2D eigenvalue weighted by atomic mass is 10.2. The lowest BCUT2D eigenvalue weighted by Gasteiger charge is -2.13. The normalized spacial score (nSPS) is 10.3. The maximum atomic E-state index is 11.6. The van der Waals surface area contributed by atoms with Gasteiger partial charge in [0.15, 0.2) is 23.0 Å². The van der Waals surface area contributed by atoms with E-state index >= 15 is 0 Å². The molecule has 6 nitrogen and oxygen atoms in total. The highest BCUT2D eigenvalue weighted by atomic mass is 16.5. The molecule has 0 unspecified atom stereocenters. The van der Waals surface area contributed by atoms with Crippen LogP contribution in [0.4, 0.5) is 0 Å². The average Bonchev–Trinajstić information content (AvgIpc) is 2.80. The summed E-state index contributed by atoms with van der Waals surface area (Å²) in [5.41, 5.74) is 4.45. The summed E-state index contributed by atoms with van der Waals surface area (Å²) in [5.74, 6) is 2.00. The summed E-state index contributed by atoms with van der Waals surface area (Å²) >= 11 is 0. The van der Waals surface area contributed by atoms with E-state index in [2.05, 4.69) is 12.3 Å². The highest BCUT2D eigenvalue weighted by Gasteiger charge is 2.08. The molecule has 0 aliphatic heterocycles. The Labute approximate surface area is 183 Å². The molecular weight excluding hydrogens is 396 g/mol. The SMILES string of the molecule is C=C=Cc1ccc(OCCOc2ccc(/C=C/C(=O)OCCC)cc2OC)c(OC)c1. The van der Waals surface area contributed by atoms with E-state index in [1.807, 2.05) is 31.2 Å². The van der Waals surface area contributed by atoms with Crippen molar-refractivity contribution < 1.29 is 28.5 Å². The first-order valence-corrected chi connectivity index (χ1v) is 9.93. The molecule has 0 bridgehead atoms. The van der Waals surface area contributed by atoms with Gasteiger partial charge in [0.05, 0.1) is 20.8 Å². The van der Waals surface area contributed by atoms with Crippen molar-refractivity contribution in [3.63, 3.8) is 0 Å². The minimum absolute atomic E-state index is 0.312. The van der Waals surface area contributed by atoms with E-state index in [1.165, 1.54) is 6.08 Å². The number of carbonyl (C=O) groups is 1. The third kappa shape index (κ3) is 7.61. The predicted octanol–water partition coefficient (Wildman–Crippen LogP) is 4.93. The van der Waals surface area contributed by atoms with E-state index in [4.69, 9.17) is 23.7 Å². The van der Waals surface area contributed by atoms with Crippen LogP contribution in [-0.2, 0) is 9.53 Å². The molecule has 0 radical (unpaired) electrons. The summed E-state index contributed by atoms with van der Waals surface area (Å²) in [4.78, 5) is 11.6. The molecule has 0 saturated heterocycles. The molecule has 0 heterocycles. The van der Waals surface area contributed by atoms with Gasteiger partial charge in [0.2, 0.25) is 0 Å². The molecule has 0 aliphatic rings. The monoisotopic (exact) mass is 424 g/mol. The summed E-state index contributed by atoms with van der Waals surface area (Å²) < 4.78 is 27.3. The average molecular weight is 424 g/mol. The minimum Gasteiger partial charge on any atom is -0.493 e. The van der Waals surface area contributed by atoms with Crippen LogP contribution in [0.25, 0.3) is 12.2 Å². The maximum absolute atomic E-state index is 11.6. The molecule has 2 aromatic carbocycles. The van der Waals surface area contributed by atoms with Crippen molar-refractivity contribution in [3.05, 3.63) is 65.9 Å². The molecule has 0 atom stereocenters. The Morgan fingerprint density at radius 3 is 2.03 bits per heavy atom. The third-order valence-corrected chi connectivity index (χ3v) is 4.10. The molecule has 0 saturated carbocycles. The number of methoxy groups -OCH3 is 2. The molecule has 6 heteroatoms. The number of benzene rings is 2. The number of esters is 1. The fourth-order valence-corrected chi connectivity index (χ4v) is 2.64. The number of rotatable bonds is 12. The van der Waals surface area contributed by atoms with Gasteiger partial charge < -0.3 is 23.7 Å². The zero-order chi connectivity index (χ0) is 22.5. The van der Waals surface area contributed by atoms with Gasteiger partial charge >= 0.3 is 5.97 Å². The van der Waals surface area contributed by atoms with E-state index < -0.39 is 0 Å². The van der Waals surface area contributed by atoms with Gasteiger partial charge in [-0.2, -0.15) is 0 Å². The summed E-state index contributed by atoms with van der Waals surface area (Å²) in [5, 5.41) is 0. The first-order chi connectivity index (χ1) is 15.1. The third-order valence-electron chi connectivity index (χ3n) is 4.10. The van der Waals surface area contributed by atoms with E-state index in [9.17, 15) is 4.79 Å². The number of ether oxygens (including phenoxy) is 5. The number of carbonyl (C=O) groups excluding carboxylic acids is 1. The van der Waals surface area contributed by atoms with Crippen molar-refractivity contribution in [1.82, 2.24) is 0 Å². The van der Waals surface area contributed by atoms with Gasteiger partial charge in [-0.05, 0) is 54.0 Å². The Kier molecular flexibility index (Phi) is 9.79. The van der Waals surface area contributed by atoms with Crippen LogP contribution >= 0.6 is 0 Å². The second-order valence-electron chi connectivity index (χ2n) is 6.37. The van der Waals surface area contributed by atoms with Gasteiger partial charge in [0.1, 0.15) is 13.2 Å². The van der Waals surface area contributed by atoms with E-state index in [0.717, 1.165) is 17.5 Å². The lowest BCUT2D eigenvalue weighted by Crippen LogP contribution is -2.10. The van der Waals surface area contributed by atoms with E-state index in [0.29, 0.717) is 42.8 Å². The molecule has 31 heavy (non-hydrogen) atoms. The summed E-state index contributed by atoms with van der Waals surface area (Å²) in [6, 6.07) is 11.0. The fraction of sp³-hybridized carbons (Fsp3) is 0.280. The molecule has 2 aromatic rings. The van der Waals surface area contributed by atoms with Crippen LogP contribution in [-0.4, -0.2) is 40.0 Å². The molecule has 0 fully saturated rings. The topological polar surface area (TPSA) is 63.2 Å². The summed E-state index contributed by atoms with van der Waals surface area (Å²) in [6.45, 7) is 6.55. The van der Waals surface area contributed by atoms with Gasteiger partial charge in [-0.25, -0.2) is 4.79 Å². The van der Waals surface area contributed by atoms with E-state index in [-0.39, 0.29) is 5.97 Å². The molecule has 0 amide bonds. The van der Waals surface area contributed by atoms with Crippen molar-refractivity contribution in [2.24, 2.45) is 0 Å². The molecule has 164 valence electrons. The van der Waals surface area contributed by atoms with Crippen molar-refractivity contribution in [2.75, 3.05) is 34.0 Å². The Bertz CT molecular complexity index is 941. The lowest BCUT2D eigenvalue weighted by molar-refractivity contribution is -0.137. The van der Waals surface area contributed by atoms with Crippen molar-refractivity contribution in [3.8, 4) is 23.0 Å². The van der Waals surface area contributed by atoms with Crippen LogP contribution in [0.2, 0.25) is 0 Å². The van der Waals surface area contributed by atoms with Crippen LogP contribution in [0.1, 0.15) is 24.5 Å². The molecule has 0 N–H and O–H groups in total. The first-order valence-electron chi connectivity index (χ1n) is 9.93. The smallest absolute Gasteiger partial charge is 0.330 e. The molecule has 0 aliphatic carbocycles.